The molecule has 12 heavy (non-hydrogen) atoms. The van der Waals surface area contributed by atoms with E-state index in [9.17, 15) is 15.3 Å². The lowest BCUT2D eigenvalue weighted by molar-refractivity contribution is -0.670. The van der Waals surface area contributed by atoms with Gasteiger partial charge in [0, 0.05) is 13.0 Å². The largest absolute Gasteiger partial charge is 0.614 e. The Morgan fingerprint density at radius 1 is 1.42 bits per heavy atom. The molecule has 0 N–H and O–H groups in total. The SMILES string of the molecule is Cc1ccc(C)[n+]([O-])c1[N+](=O)[O-]. The average Bonchev–Trinajstić information content (AvgIpc) is 1.97. The lowest BCUT2D eigenvalue weighted by Gasteiger charge is -2.01. The first-order valence-electron chi connectivity index (χ1n) is 3.38. The summed E-state index contributed by atoms with van der Waals surface area (Å²) in [5, 5.41) is 21.5. The van der Waals surface area contributed by atoms with Gasteiger partial charge in [0.15, 0.2) is 5.69 Å². The van der Waals surface area contributed by atoms with E-state index in [0.29, 0.717) is 16.0 Å². The van der Waals surface area contributed by atoms with Gasteiger partial charge in [-0.15, -0.1) is 4.73 Å². The fourth-order valence-corrected chi connectivity index (χ4v) is 0.933. The van der Waals surface area contributed by atoms with E-state index < -0.39 is 10.7 Å². The molecule has 5 nitrogen and oxygen atoms in total. The average molecular weight is 168 g/mol. The van der Waals surface area contributed by atoms with Gasteiger partial charge in [0.1, 0.15) is 4.92 Å². The summed E-state index contributed by atoms with van der Waals surface area (Å²) in [5.41, 5.74) is 0.702. The molecule has 1 aromatic heterocycles. The monoisotopic (exact) mass is 168 g/mol. The predicted molar refractivity (Wildman–Crippen MR) is 41.5 cm³/mol. The zero-order valence-electron chi connectivity index (χ0n) is 6.77. The van der Waals surface area contributed by atoms with Crippen LogP contribution in [0.1, 0.15) is 11.3 Å². The van der Waals surface area contributed by atoms with Crippen LogP contribution in [0.5, 0.6) is 0 Å². The van der Waals surface area contributed by atoms with E-state index in [4.69, 9.17) is 0 Å². The zero-order valence-corrected chi connectivity index (χ0v) is 6.77. The van der Waals surface area contributed by atoms with Gasteiger partial charge in [0.25, 0.3) is 0 Å². The number of aryl methyl sites for hydroxylation is 2. The van der Waals surface area contributed by atoms with Crippen molar-refractivity contribution in [2.75, 3.05) is 0 Å². The second kappa shape index (κ2) is 2.77. The molecule has 5 heteroatoms. The van der Waals surface area contributed by atoms with Gasteiger partial charge in [-0.25, -0.2) is 0 Å². The highest BCUT2D eigenvalue weighted by Crippen LogP contribution is 2.11. The van der Waals surface area contributed by atoms with E-state index in [0.717, 1.165) is 0 Å². The number of nitrogens with zero attached hydrogens (tertiary/aromatic N) is 2. The minimum absolute atomic E-state index is 0.326. The fraction of sp³-hybridized carbons (Fsp3) is 0.286. The molecule has 0 aliphatic carbocycles. The molecule has 0 aliphatic heterocycles. The molecular weight excluding hydrogens is 160 g/mol. The van der Waals surface area contributed by atoms with E-state index in [1.165, 1.54) is 13.8 Å². The molecule has 0 amide bonds. The Hall–Kier alpha value is -1.65. The van der Waals surface area contributed by atoms with Gasteiger partial charge in [0.2, 0.25) is 0 Å². The van der Waals surface area contributed by atoms with Crippen molar-refractivity contribution in [2.24, 2.45) is 0 Å². The van der Waals surface area contributed by atoms with E-state index in [1.807, 2.05) is 0 Å². The first kappa shape index (κ1) is 8.45. The predicted octanol–water partition coefficient (Wildman–Crippen LogP) is 0.845. The highest BCUT2D eigenvalue weighted by molar-refractivity contribution is 5.26. The normalized spacial score (nSPS) is 9.83. The maximum absolute atomic E-state index is 11.1. The van der Waals surface area contributed by atoms with E-state index in [-0.39, 0.29) is 0 Å². The van der Waals surface area contributed by atoms with Crippen molar-refractivity contribution < 1.29 is 9.65 Å². The Balaban J connectivity index is 3.43. The molecule has 0 aromatic carbocycles. The number of pyridine rings is 1. The summed E-state index contributed by atoms with van der Waals surface area (Å²) < 4.78 is 0.329. The van der Waals surface area contributed by atoms with Crippen molar-refractivity contribution in [3.63, 3.8) is 0 Å². The number of hydrogen-bond donors (Lipinski definition) is 0. The Morgan fingerprint density at radius 3 is 2.42 bits per heavy atom. The Morgan fingerprint density at radius 2 is 2.00 bits per heavy atom. The number of hydrogen-bond acceptors (Lipinski definition) is 3. The zero-order chi connectivity index (χ0) is 9.30. The van der Waals surface area contributed by atoms with Crippen molar-refractivity contribution in [1.82, 2.24) is 0 Å². The first-order valence-corrected chi connectivity index (χ1v) is 3.38. The lowest BCUT2D eigenvalue weighted by Crippen LogP contribution is -2.34. The van der Waals surface area contributed by atoms with Crippen LogP contribution in [0, 0.1) is 29.2 Å². The van der Waals surface area contributed by atoms with Crippen LogP contribution in [0.3, 0.4) is 0 Å². The maximum Gasteiger partial charge on any atom is 0.515 e. The van der Waals surface area contributed by atoms with Crippen LogP contribution in [0.2, 0.25) is 0 Å². The van der Waals surface area contributed by atoms with Crippen LogP contribution in [0.25, 0.3) is 0 Å². The second-order valence-corrected chi connectivity index (χ2v) is 2.53. The molecule has 0 fully saturated rings. The van der Waals surface area contributed by atoms with Crippen LogP contribution in [0.15, 0.2) is 12.1 Å². The van der Waals surface area contributed by atoms with Gasteiger partial charge in [-0.2, -0.15) is 0 Å². The summed E-state index contributed by atoms with van der Waals surface area (Å²) in [6.45, 7) is 3.06. The van der Waals surface area contributed by atoms with Gasteiger partial charge >= 0.3 is 5.82 Å². The molecule has 0 saturated heterocycles. The molecule has 0 aliphatic rings. The van der Waals surface area contributed by atoms with Crippen molar-refractivity contribution >= 4 is 5.82 Å². The molecule has 0 radical (unpaired) electrons. The van der Waals surface area contributed by atoms with Crippen LogP contribution < -0.4 is 4.73 Å². The lowest BCUT2D eigenvalue weighted by atomic mass is 10.2. The first-order chi connectivity index (χ1) is 5.54. The van der Waals surface area contributed by atoms with Crippen molar-refractivity contribution in [3.8, 4) is 0 Å². The minimum Gasteiger partial charge on any atom is -0.614 e. The molecule has 0 bridgehead atoms. The summed E-state index contributed by atoms with van der Waals surface area (Å²) in [6, 6.07) is 3.11. The smallest absolute Gasteiger partial charge is 0.515 e. The number of nitro groups is 1. The van der Waals surface area contributed by atoms with Gasteiger partial charge in [-0.3, -0.25) is 10.1 Å². The highest BCUT2D eigenvalue weighted by Gasteiger charge is 2.23. The maximum atomic E-state index is 11.1. The topological polar surface area (TPSA) is 70.1 Å². The molecule has 1 heterocycles. The van der Waals surface area contributed by atoms with Crippen molar-refractivity contribution in [1.29, 1.82) is 0 Å². The third-order valence-corrected chi connectivity index (χ3v) is 1.61. The minimum atomic E-state index is -0.671. The molecule has 1 rings (SSSR count). The Bertz CT molecular complexity index is 336. The van der Waals surface area contributed by atoms with Crippen LogP contribution >= 0.6 is 0 Å². The quantitative estimate of drug-likeness (QED) is 0.270. The van der Waals surface area contributed by atoms with Crippen molar-refractivity contribution in [2.45, 2.75) is 13.8 Å². The molecule has 0 atom stereocenters. The summed E-state index contributed by atoms with van der Waals surface area (Å²) in [6.07, 6.45) is 0. The fourth-order valence-electron chi connectivity index (χ4n) is 0.933. The molecular formula is C7H8N2O3. The Labute approximate surface area is 69.0 Å². The molecule has 0 spiro atoms. The van der Waals surface area contributed by atoms with E-state index in [2.05, 4.69) is 0 Å². The van der Waals surface area contributed by atoms with Gasteiger partial charge in [-0.05, 0) is 13.0 Å². The van der Waals surface area contributed by atoms with Crippen LogP contribution in [-0.2, 0) is 0 Å². The van der Waals surface area contributed by atoms with Gasteiger partial charge in [0.05, 0.1) is 5.56 Å². The molecule has 0 saturated carbocycles. The number of aromatic nitrogens is 1. The summed E-state index contributed by atoms with van der Waals surface area (Å²) in [5.74, 6) is -0.394. The number of rotatable bonds is 1. The summed E-state index contributed by atoms with van der Waals surface area (Å²) in [4.78, 5) is 9.71. The third kappa shape index (κ3) is 1.20. The summed E-state index contributed by atoms with van der Waals surface area (Å²) in [7, 11) is 0. The second-order valence-electron chi connectivity index (χ2n) is 2.53. The molecule has 64 valence electrons. The van der Waals surface area contributed by atoms with Crippen LogP contribution in [0.4, 0.5) is 5.82 Å². The highest BCUT2D eigenvalue weighted by atomic mass is 16.6. The molecule has 0 unspecified atom stereocenters. The van der Waals surface area contributed by atoms with Gasteiger partial charge < -0.3 is 5.21 Å². The summed E-state index contributed by atoms with van der Waals surface area (Å²) >= 11 is 0. The Kier molecular flexibility index (Phi) is 1.95. The van der Waals surface area contributed by atoms with E-state index in [1.54, 1.807) is 12.1 Å². The third-order valence-electron chi connectivity index (χ3n) is 1.61. The van der Waals surface area contributed by atoms with Gasteiger partial charge in [-0.1, -0.05) is 0 Å². The van der Waals surface area contributed by atoms with E-state index >= 15 is 0 Å². The standard InChI is InChI=1S/C7H8N2O3/c1-5-3-4-6(2)8(10)7(5)9(11)12/h3-4H,1-2H3. The van der Waals surface area contributed by atoms with Crippen LogP contribution in [-0.4, -0.2) is 4.92 Å². The molecule has 1 aromatic rings. The van der Waals surface area contributed by atoms with Crippen molar-refractivity contribution in [3.05, 3.63) is 38.7 Å².